The number of nitrogens with zero attached hydrogens (tertiary/aromatic N) is 3. The number of ether oxygens (including phenoxy) is 2. The van der Waals surface area contributed by atoms with E-state index in [4.69, 9.17) is 9.47 Å². The molecule has 0 spiro atoms. The molecule has 0 aliphatic carbocycles. The molecule has 0 aliphatic heterocycles. The second-order valence-corrected chi connectivity index (χ2v) is 7.01. The second-order valence-electron chi connectivity index (χ2n) is 7.01. The van der Waals surface area contributed by atoms with Gasteiger partial charge >= 0.3 is 0 Å². The second kappa shape index (κ2) is 9.41. The van der Waals surface area contributed by atoms with E-state index in [1.54, 1.807) is 30.1 Å². The highest BCUT2D eigenvalue weighted by Gasteiger charge is 2.20. The van der Waals surface area contributed by atoms with Crippen LogP contribution in [-0.2, 0) is 0 Å². The van der Waals surface area contributed by atoms with Crippen LogP contribution in [-0.4, -0.2) is 34.2 Å². The van der Waals surface area contributed by atoms with Gasteiger partial charge in [0.05, 0.1) is 25.5 Å². The average molecular weight is 396 g/mol. The molecule has 3 aromatic rings. The Morgan fingerprint density at radius 2 is 2.10 bits per heavy atom. The van der Waals surface area contributed by atoms with E-state index in [1.165, 1.54) is 0 Å². The van der Waals surface area contributed by atoms with Crippen LogP contribution in [0.15, 0.2) is 36.7 Å². The first-order valence-corrected chi connectivity index (χ1v) is 9.96. The summed E-state index contributed by atoms with van der Waals surface area (Å²) in [6, 6.07) is 7.31. The SMILES string of the molecule is CCCCCOc1ccc(C(C)NC(=O)c2c(C)nn3cccnc23)cc1OC. The number of carbonyl (C=O) groups is 1. The van der Waals surface area contributed by atoms with Gasteiger partial charge in [0, 0.05) is 12.4 Å². The van der Waals surface area contributed by atoms with E-state index < -0.39 is 0 Å². The topological polar surface area (TPSA) is 77.8 Å². The Bertz CT molecular complexity index is 983. The van der Waals surface area contributed by atoms with Crippen LogP contribution in [0.2, 0.25) is 0 Å². The Hall–Kier alpha value is -3.09. The van der Waals surface area contributed by atoms with Crippen molar-refractivity contribution in [3.05, 3.63) is 53.5 Å². The van der Waals surface area contributed by atoms with Crippen LogP contribution in [0.4, 0.5) is 0 Å². The van der Waals surface area contributed by atoms with Crippen LogP contribution in [0.25, 0.3) is 5.65 Å². The number of hydrogen-bond acceptors (Lipinski definition) is 5. The summed E-state index contributed by atoms with van der Waals surface area (Å²) in [7, 11) is 1.62. The molecule has 154 valence electrons. The number of hydrogen-bond donors (Lipinski definition) is 1. The monoisotopic (exact) mass is 396 g/mol. The van der Waals surface area contributed by atoms with Crippen molar-refractivity contribution in [2.24, 2.45) is 0 Å². The molecule has 0 radical (unpaired) electrons. The lowest BCUT2D eigenvalue weighted by Gasteiger charge is -2.17. The number of aromatic nitrogens is 3. The Kier molecular flexibility index (Phi) is 6.69. The van der Waals surface area contributed by atoms with E-state index in [-0.39, 0.29) is 11.9 Å². The maximum atomic E-state index is 12.9. The first kappa shape index (κ1) is 20.6. The predicted molar refractivity (Wildman–Crippen MR) is 112 cm³/mol. The van der Waals surface area contributed by atoms with Gasteiger partial charge in [0.15, 0.2) is 17.1 Å². The third-order valence-electron chi connectivity index (χ3n) is 4.84. The Labute approximate surface area is 171 Å². The van der Waals surface area contributed by atoms with Crippen molar-refractivity contribution in [1.82, 2.24) is 19.9 Å². The van der Waals surface area contributed by atoms with Crippen LogP contribution in [0, 0.1) is 6.92 Å². The summed E-state index contributed by atoms with van der Waals surface area (Å²) in [4.78, 5) is 17.2. The molecule has 3 rings (SSSR count). The third-order valence-corrected chi connectivity index (χ3v) is 4.84. The first-order valence-electron chi connectivity index (χ1n) is 9.96. The molecular weight excluding hydrogens is 368 g/mol. The molecule has 0 saturated heterocycles. The van der Waals surface area contributed by atoms with E-state index in [2.05, 4.69) is 22.3 Å². The number of carbonyl (C=O) groups excluding carboxylic acids is 1. The number of benzene rings is 1. The number of nitrogens with one attached hydrogen (secondary N) is 1. The minimum atomic E-state index is -0.219. The summed E-state index contributed by atoms with van der Waals surface area (Å²) in [5, 5.41) is 7.39. The number of rotatable bonds is 9. The van der Waals surface area contributed by atoms with Crippen molar-refractivity contribution in [1.29, 1.82) is 0 Å². The number of unbranched alkanes of at least 4 members (excludes halogenated alkanes) is 2. The Morgan fingerprint density at radius 1 is 1.28 bits per heavy atom. The van der Waals surface area contributed by atoms with Gasteiger partial charge in [0.2, 0.25) is 0 Å². The molecule has 29 heavy (non-hydrogen) atoms. The molecule has 0 saturated carbocycles. The predicted octanol–water partition coefficient (Wildman–Crippen LogP) is 4.11. The lowest BCUT2D eigenvalue weighted by atomic mass is 10.1. The largest absolute Gasteiger partial charge is 0.493 e. The normalized spacial score (nSPS) is 12.0. The third kappa shape index (κ3) is 4.67. The summed E-state index contributed by atoms with van der Waals surface area (Å²) in [5.41, 5.74) is 2.60. The molecule has 1 atom stereocenters. The van der Waals surface area contributed by atoms with Gasteiger partial charge in [-0.15, -0.1) is 0 Å². The molecule has 0 aliphatic rings. The van der Waals surface area contributed by atoms with Crippen molar-refractivity contribution in [3.63, 3.8) is 0 Å². The van der Waals surface area contributed by atoms with Gasteiger partial charge < -0.3 is 14.8 Å². The smallest absolute Gasteiger partial charge is 0.257 e. The summed E-state index contributed by atoms with van der Waals surface area (Å²) >= 11 is 0. The number of aryl methyl sites for hydroxylation is 1. The van der Waals surface area contributed by atoms with E-state index in [0.717, 1.165) is 24.8 Å². The van der Waals surface area contributed by atoms with Crippen LogP contribution in [0.1, 0.15) is 60.8 Å². The highest BCUT2D eigenvalue weighted by molar-refractivity contribution is 6.01. The van der Waals surface area contributed by atoms with Crippen LogP contribution >= 0.6 is 0 Å². The van der Waals surface area contributed by atoms with E-state index in [0.29, 0.717) is 35.0 Å². The fraction of sp³-hybridized carbons (Fsp3) is 0.409. The highest BCUT2D eigenvalue weighted by atomic mass is 16.5. The molecular formula is C22H28N4O3. The molecule has 1 unspecified atom stereocenters. The lowest BCUT2D eigenvalue weighted by Crippen LogP contribution is -2.27. The maximum absolute atomic E-state index is 12.9. The van der Waals surface area contributed by atoms with E-state index in [9.17, 15) is 4.79 Å². The van der Waals surface area contributed by atoms with Gasteiger partial charge in [-0.05, 0) is 44.0 Å². The molecule has 0 bridgehead atoms. The first-order chi connectivity index (χ1) is 14.0. The summed E-state index contributed by atoms with van der Waals surface area (Å²) < 4.78 is 12.9. The average Bonchev–Trinajstić information content (AvgIpc) is 3.06. The van der Waals surface area contributed by atoms with Gasteiger partial charge in [-0.1, -0.05) is 25.8 Å². The van der Waals surface area contributed by atoms with Crippen molar-refractivity contribution in [2.45, 2.75) is 46.1 Å². The standard InChI is InChI=1S/C22H28N4O3/c1-5-6-7-13-29-18-10-9-17(14-19(18)28-4)15(2)24-22(27)20-16(3)25-26-12-8-11-23-21(20)26/h8-12,14-15H,5-7,13H2,1-4H3,(H,24,27). The van der Waals surface area contributed by atoms with Crippen molar-refractivity contribution >= 4 is 11.6 Å². The molecule has 1 amide bonds. The minimum absolute atomic E-state index is 0.206. The van der Waals surface area contributed by atoms with Crippen molar-refractivity contribution < 1.29 is 14.3 Å². The summed E-state index contributed by atoms with van der Waals surface area (Å²) in [6.07, 6.45) is 6.74. The fourth-order valence-electron chi connectivity index (χ4n) is 3.22. The summed E-state index contributed by atoms with van der Waals surface area (Å²) in [5.74, 6) is 1.17. The highest BCUT2D eigenvalue weighted by Crippen LogP contribution is 2.30. The number of fused-ring (bicyclic) bond motifs is 1. The van der Waals surface area contributed by atoms with Gasteiger partial charge in [0.1, 0.15) is 5.56 Å². The van der Waals surface area contributed by atoms with Crippen molar-refractivity contribution in [2.75, 3.05) is 13.7 Å². The van der Waals surface area contributed by atoms with Gasteiger partial charge in [-0.3, -0.25) is 4.79 Å². The Balaban J connectivity index is 1.73. The van der Waals surface area contributed by atoms with Gasteiger partial charge in [0.25, 0.3) is 5.91 Å². The number of amides is 1. The molecule has 1 aromatic carbocycles. The molecule has 2 aromatic heterocycles. The minimum Gasteiger partial charge on any atom is -0.493 e. The van der Waals surface area contributed by atoms with Gasteiger partial charge in [-0.2, -0.15) is 5.10 Å². The van der Waals surface area contributed by atoms with Crippen LogP contribution in [0.5, 0.6) is 11.5 Å². The molecule has 7 nitrogen and oxygen atoms in total. The van der Waals surface area contributed by atoms with Crippen molar-refractivity contribution in [3.8, 4) is 11.5 Å². The molecule has 7 heteroatoms. The fourth-order valence-corrected chi connectivity index (χ4v) is 3.22. The van der Waals surface area contributed by atoms with Crippen LogP contribution < -0.4 is 14.8 Å². The zero-order valence-corrected chi connectivity index (χ0v) is 17.4. The van der Waals surface area contributed by atoms with E-state index in [1.807, 2.05) is 32.0 Å². The number of methoxy groups -OCH3 is 1. The molecule has 2 heterocycles. The molecule has 1 N–H and O–H groups in total. The van der Waals surface area contributed by atoms with E-state index >= 15 is 0 Å². The summed E-state index contributed by atoms with van der Waals surface area (Å²) in [6.45, 7) is 6.57. The van der Waals surface area contributed by atoms with Gasteiger partial charge in [-0.25, -0.2) is 9.50 Å². The maximum Gasteiger partial charge on any atom is 0.257 e. The Morgan fingerprint density at radius 3 is 2.86 bits per heavy atom. The zero-order valence-electron chi connectivity index (χ0n) is 17.4. The quantitative estimate of drug-likeness (QED) is 0.551. The molecule has 0 fully saturated rings. The van der Waals surface area contributed by atoms with Crippen LogP contribution in [0.3, 0.4) is 0 Å². The lowest BCUT2D eigenvalue weighted by molar-refractivity contribution is 0.0940. The zero-order chi connectivity index (χ0) is 20.8.